The summed E-state index contributed by atoms with van der Waals surface area (Å²) < 4.78 is 76.6. The lowest BCUT2D eigenvalue weighted by molar-refractivity contribution is -0.180. The van der Waals surface area contributed by atoms with Crippen molar-refractivity contribution in [3.63, 3.8) is 0 Å². The Morgan fingerprint density at radius 1 is 0.974 bits per heavy atom. The van der Waals surface area contributed by atoms with E-state index in [-0.39, 0.29) is 35.5 Å². The van der Waals surface area contributed by atoms with E-state index >= 15 is 0 Å². The smallest absolute Gasteiger partial charge is 0.418 e. The molecule has 2 heterocycles. The number of aliphatic imine (C=N–C) groups is 2. The highest BCUT2D eigenvalue weighted by molar-refractivity contribution is 6.15. The van der Waals surface area contributed by atoms with E-state index in [2.05, 4.69) is 4.99 Å². The highest BCUT2D eigenvalue weighted by Gasteiger charge is 2.40. The van der Waals surface area contributed by atoms with Crippen molar-refractivity contribution in [3.8, 4) is 5.75 Å². The summed E-state index contributed by atoms with van der Waals surface area (Å²) in [7, 11) is 0. The number of rotatable bonds is 7. The minimum absolute atomic E-state index is 0.0345. The van der Waals surface area contributed by atoms with E-state index in [1.807, 2.05) is 4.90 Å². The van der Waals surface area contributed by atoms with Gasteiger partial charge in [-0.05, 0) is 74.3 Å². The van der Waals surface area contributed by atoms with Crippen molar-refractivity contribution in [2.24, 2.45) is 21.8 Å². The maximum atomic E-state index is 14.4. The zero-order chi connectivity index (χ0) is 26.9. The highest BCUT2D eigenvalue weighted by atomic mass is 19.4. The van der Waals surface area contributed by atoms with Crippen molar-refractivity contribution in [2.45, 2.75) is 64.2 Å². The summed E-state index contributed by atoms with van der Waals surface area (Å²) >= 11 is 0. The summed E-state index contributed by atoms with van der Waals surface area (Å²) in [5.74, 6) is 0.286. The minimum Gasteiger partial charge on any atom is -0.432 e. The third-order valence-electron chi connectivity index (χ3n) is 7.69. The van der Waals surface area contributed by atoms with E-state index in [9.17, 15) is 22.0 Å². The average Bonchev–Trinajstić information content (AvgIpc) is 2.99. The summed E-state index contributed by atoms with van der Waals surface area (Å²) in [4.78, 5) is 11.2. The number of fused-ring (bicyclic) bond motifs is 1. The first kappa shape index (κ1) is 26.6. The second kappa shape index (κ2) is 10.7. The Morgan fingerprint density at radius 3 is 2.42 bits per heavy atom. The molecule has 3 aliphatic rings. The molecule has 0 bridgehead atoms. The van der Waals surface area contributed by atoms with Crippen LogP contribution >= 0.6 is 0 Å². The van der Waals surface area contributed by atoms with Crippen LogP contribution in [0.1, 0.15) is 68.6 Å². The molecule has 0 aromatic heterocycles. The largest absolute Gasteiger partial charge is 0.432 e. The number of hydrogen-bond donors (Lipinski definition) is 0. The molecule has 9 heteroatoms. The Hall–Kier alpha value is -2.97. The number of piperidine rings is 1. The first-order valence-corrected chi connectivity index (χ1v) is 13.4. The maximum Gasteiger partial charge on any atom is 0.418 e. The summed E-state index contributed by atoms with van der Waals surface area (Å²) in [6.45, 7) is 3.29. The average molecular weight is 534 g/mol. The van der Waals surface area contributed by atoms with E-state index in [1.54, 1.807) is 37.3 Å². The Labute approximate surface area is 219 Å². The van der Waals surface area contributed by atoms with Gasteiger partial charge in [-0.25, -0.2) is 4.99 Å². The quantitative estimate of drug-likeness (QED) is 0.342. The van der Waals surface area contributed by atoms with Crippen LogP contribution in [0.2, 0.25) is 0 Å². The number of halogens is 5. The van der Waals surface area contributed by atoms with Crippen molar-refractivity contribution >= 4 is 17.2 Å². The van der Waals surface area contributed by atoms with Crippen molar-refractivity contribution < 1.29 is 26.7 Å². The monoisotopic (exact) mass is 533 g/mol. The van der Waals surface area contributed by atoms with Crippen molar-refractivity contribution in [3.05, 3.63) is 59.2 Å². The van der Waals surface area contributed by atoms with E-state index in [0.717, 1.165) is 32.1 Å². The molecule has 38 heavy (non-hydrogen) atoms. The molecule has 4 nitrogen and oxygen atoms in total. The van der Waals surface area contributed by atoms with Crippen molar-refractivity contribution in [1.29, 1.82) is 0 Å². The third-order valence-corrected chi connectivity index (χ3v) is 7.69. The van der Waals surface area contributed by atoms with Crippen molar-refractivity contribution in [1.82, 2.24) is 0 Å². The summed E-state index contributed by atoms with van der Waals surface area (Å²) in [5, 5.41) is 0. The fraction of sp³-hybridized carbons (Fsp3) is 0.517. The van der Waals surface area contributed by atoms with E-state index in [4.69, 9.17) is 9.73 Å². The normalized spacial score (nSPS) is 22.1. The van der Waals surface area contributed by atoms with Gasteiger partial charge in [-0.1, -0.05) is 25.1 Å². The lowest BCUT2D eigenvalue weighted by Gasteiger charge is -2.36. The second-order valence-electron chi connectivity index (χ2n) is 10.4. The molecule has 5 rings (SSSR count). The molecule has 0 N–H and O–H groups in total. The van der Waals surface area contributed by atoms with Crippen LogP contribution in [0, 0.1) is 11.8 Å². The lowest BCUT2D eigenvalue weighted by Crippen LogP contribution is -2.35. The minimum atomic E-state index is -4.52. The van der Waals surface area contributed by atoms with Crippen LogP contribution in [-0.2, 0) is 6.18 Å². The molecule has 2 aromatic carbocycles. The summed E-state index contributed by atoms with van der Waals surface area (Å²) in [5.41, 5.74) is 0.774. The molecule has 2 atom stereocenters. The van der Waals surface area contributed by atoms with Crippen LogP contribution < -0.4 is 9.64 Å². The van der Waals surface area contributed by atoms with Gasteiger partial charge in [0.1, 0.15) is 5.75 Å². The van der Waals surface area contributed by atoms with Gasteiger partial charge in [0.2, 0.25) is 0 Å². The lowest BCUT2D eigenvalue weighted by atomic mass is 9.69. The van der Waals surface area contributed by atoms with Crippen LogP contribution in [0.4, 0.5) is 27.6 Å². The molecule has 1 saturated heterocycles. The van der Waals surface area contributed by atoms with E-state index < -0.39 is 24.3 Å². The predicted octanol–water partition coefficient (Wildman–Crippen LogP) is 7.74. The van der Waals surface area contributed by atoms with Gasteiger partial charge in [0, 0.05) is 31.2 Å². The number of hydrogen-bond acceptors (Lipinski definition) is 4. The first-order chi connectivity index (χ1) is 18.2. The fourth-order valence-corrected chi connectivity index (χ4v) is 5.58. The Bertz CT molecular complexity index is 1220. The molecule has 2 fully saturated rings. The van der Waals surface area contributed by atoms with Crippen LogP contribution in [0.3, 0.4) is 0 Å². The molecular weight excluding hydrogens is 501 g/mol. The first-order valence-electron chi connectivity index (χ1n) is 13.4. The SMILES string of the molecule is CCCC(F)(F)Oc1ccccc1C1=NCC2CCC2C(c2ccc(N3CCCCC3)c(C(F)(F)F)c2)=N1. The molecule has 1 aliphatic carbocycles. The van der Waals surface area contributed by atoms with Gasteiger partial charge in [-0.3, -0.25) is 4.99 Å². The molecule has 2 unspecified atom stereocenters. The summed E-state index contributed by atoms with van der Waals surface area (Å²) in [6, 6.07) is 10.8. The molecule has 0 spiro atoms. The molecular formula is C29H32F5N3O. The van der Waals surface area contributed by atoms with Crippen LogP contribution in [0.25, 0.3) is 0 Å². The molecule has 0 radical (unpaired) electrons. The molecule has 1 saturated carbocycles. The number of anilines is 1. The van der Waals surface area contributed by atoms with Crippen LogP contribution in [0.5, 0.6) is 5.75 Å². The Balaban J connectivity index is 1.55. The van der Waals surface area contributed by atoms with Gasteiger partial charge < -0.3 is 9.64 Å². The zero-order valence-electron chi connectivity index (χ0n) is 21.4. The molecule has 204 valence electrons. The number of benzene rings is 2. The maximum absolute atomic E-state index is 14.4. The fourth-order valence-electron chi connectivity index (χ4n) is 5.58. The van der Waals surface area contributed by atoms with Gasteiger partial charge in [0.15, 0.2) is 5.84 Å². The predicted molar refractivity (Wildman–Crippen MR) is 139 cm³/mol. The van der Waals surface area contributed by atoms with Gasteiger partial charge in [0.05, 0.1) is 23.3 Å². The molecule has 2 aliphatic heterocycles. The highest BCUT2D eigenvalue weighted by Crippen LogP contribution is 2.43. The standard InChI is InChI=1S/C29H32F5N3O/c1-2-14-28(30,31)38-25-9-5-4-8-22(25)27-35-18-20-10-12-21(20)26(36-27)19-11-13-24(23(17-19)29(32,33)34)37-15-6-3-7-16-37/h4-5,8-9,11,13,17,20-21H,2-3,6-7,10,12,14-16,18H2,1H3. The van der Waals surface area contributed by atoms with E-state index in [0.29, 0.717) is 36.5 Å². The number of para-hydroxylation sites is 1. The third kappa shape index (κ3) is 5.57. The molecule has 0 amide bonds. The van der Waals surface area contributed by atoms with Crippen molar-refractivity contribution in [2.75, 3.05) is 24.5 Å². The molecule has 2 aromatic rings. The topological polar surface area (TPSA) is 37.2 Å². The number of ether oxygens (including phenoxy) is 1. The second-order valence-corrected chi connectivity index (χ2v) is 10.4. The van der Waals surface area contributed by atoms with Gasteiger partial charge in [0.25, 0.3) is 0 Å². The number of alkyl halides is 5. The number of amidine groups is 1. The van der Waals surface area contributed by atoms with Gasteiger partial charge in [-0.2, -0.15) is 22.0 Å². The number of nitrogens with zero attached hydrogens (tertiary/aromatic N) is 3. The van der Waals surface area contributed by atoms with E-state index in [1.165, 1.54) is 12.1 Å². The van der Waals surface area contributed by atoms with Gasteiger partial charge >= 0.3 is 12.3 Å². The Kier molecular flexibility index (Phi) is 7.47. The zero-order valence-corrected chi connectivity index (χ0v) is 21.4. The van der Waals surface area contributed by atoms with Gasteiger partial charge in [-0.15, -0.1) is 0 Å². The van der Waals surface area contributed by atoms with Crippen LogP contribution in [0.15, 0.2) is 52.4 Å². The Morgan fingerprint density at radius 2 is 1.74 bits per heavy atom. The summed E-state index contributed by atoms with van der Waals surface area (Å²) in [6.07, 6.45) is -3.61. The van der Waals surface area contributed by atoms with Crippen LogP contribution in [-0.4, -0.2) is 37.3 Å².